The highest BCUT2D eigenvalue weighted by molar-refractivity contribution is 9.10. The average Bonchev–Trinajstić information content (AvgIpc) is 3.00. The van der Waals surface area contributed by atoms with Crippen LogP contribution in [-0.4, -0.2) is 35.0 Å². The Morgan fingerprint density at radius 3 is 2.65 bits per heavy atom. The van der Waals surface area contributed by atoms with Crippen molar-refractivity contribution < 1.29 is 14.3 Å². The molecule has 0 unspecified atom stereocenters. The molecule has 3 aromatic carbocycles. The zero-order valence-electron chi connectivity index (χ0n) is 23.8. The average molecular weight is 731 g/mol. The highest BCUT2D eigenvalue weighted by Crippen LogP contribution is 2.42. The minimum atomic E-state index is -0.334. The number of benzene rings is 3. The number of hydrogen-bond donors (Lipinski definition) is 1. The van der Waals surface area contributed by atoms with Crippen LogP contribution in [0.1, 0.15) is 61.9 Å². The molecule has 1 N–H and O–H groups in total. The molecule has 43 heavy (non-hydrogen) atoms. The second-order valence-electron chi connectivity index (χ2n) is 10.3. The van der Waals surface area contributed by atoms with Crippen LogP contribution >= 0.6 is 43.5 Å². The maximum absolute atomic E-state index is 13.7. The second-order valence-corrected chi connectivity index (χ2v) is 12.4. The van der Waals surface area contributed by atoms with E-state index in [1.165, 1.54) is 11.1 Å². The summed E-state index contributed by atoms with van der Waals surface area (Å²) in [4.78, 5) is 31.3. The fraction of sp³-hybridized carbons (Fsp3) is 0.312. The number of nitrogens with zero attached hydrogens (tertiary/aromatic N) is 3. The lowest BCUT2D eigenvalue weighted by Gasteiger charge is -2.23. The number of ether oxygens (including phenoxy) is 2. The van der Waals surface area contributed by atoms with Crippen molar-refractivity contribution in [3.05, 3.63) is 89.8 Å². The molecule has 224 valence electrons. The van der Waals surface area contributed by atoms with E-state index in [0.29, 0.717) is 44.8 Å². The Hall–Kier alpha value is -3.21. The van der Waals surface area contributed by atoms with Crippen molar-refractivity contribution in [2.75, 3.05) is 18.5 Å². The summed E-state index contributed by atoms with van der Waals surface area (Å²) < 4.78 is 14.4. The van der Waals surface area contributed by atoms with E-state index >= 15 is 0 Å². The summed E-state index contributed by atoms with van der Waals surface area (Å²) in [5, 5.41) is 8.19. The molecule has 1 aliphatic rings. The van der Waals surface area contributed by atoms with E-state index in [2.05, 4.69) is 42.3 Å². The van der Waals surface area contributed by atoms with Crippen LogP contribution < -0.4 is 20.3 Å². The number of anilines is 1. The molecule has 1 amide bonds. The number of nitrogens with one attached hydrogen (secondary N) is 1. The minimum Gasteiger partial charge on any atom is -0.490 e. The largest absolute Gasteiger partial charge is 0.490 e. The van der Waals surface area contributed by atoms with Gasteiger partial charge in [-0.2, -0.15) is 9.78 Å². The summed E-state index contributed by atoms with van der Waals surface area (Å²) in [6.45, 7) is 3.83. The number of carbonyl (C=O) groups is 1. The molecule has 5 rings (SSSR count). The molecule has 1 aromatic heterocycles. The summed E-state index contributed by atoms with van der Waals surface area (Å²) >= 11 is 13.8. The third kappa shape index (κ3) is 7.13. The quantitative estimate of drug-likeness (QED) is 0.175. The molecule has 0 atom stereocenters. The Labute approximate surface area is 271 Å². The number of carbonyl (C=O) groups excluding carboxylic acids is 1. The number of fused-ring (bicyclic) bond motifs is 1. The van der Waals surface area contributed by atoms with Gasteiger partial charge in [0.15, 0.2) is 18.1 Å². The summed E-state index contributed by atoms with van der Waals surface area (Å²) in [7, 11) is 0. The molecule has 0 saturated heterocycles. The molecule has 1 heterocycles. The summed E-state index contributed by atoms with van der Waals surface area (Å²) in [5.41, 5.74) is 2.63. The Morgan fingerprint density at radius 1 is 1.14 bits per heavy atom. The van der Waals surface area contributed by atoms with Crippen LogP contribution in [0.15, 0.2) is 67.4 Å². The number of para-hydroxylation sites is 1. The van der Waals surface area contributed by atoms with E-state index in [9.17, 15) is 9.59 Å². The molecule has 8 nitrogen and oxygen atoms in total. The van der Waals surface area contributed by atoms with Crippen molar-refractivity contribution in [2.24, 2.45) is 5.10 Å². The lowest BCUT2D eigenvalue weighted by Crippen LogP contribution is -2.25. The Bertz CT molecular complexity index is 1750. The van der Waals surface area contributed by atoms with E-state index in [1.807, 2.05) is 50.2 Å². The standard InChI is InChI=1S/C32H31Br2ClN4O4/c1-3-42-26-15-21(28(34)29(35)30(26)43-18-27(40)37-24-12-8-7-9-19(24)2)17-36-39-31(20-10-5-4-6-11-20)38-25-14-13-22(33)16-23(25)32(39)41/h7-9,12-17,20H,3-6,10-11,18H2,1-2H3,(H,37,40). The highest BCUT2D eigenvalue weighted by atomic mass is 79.9. The zero-order valence-corrected chi connectivity index (χ0v) is 27.8. The molecule has 11 heteroatoms. The van der Waals surface area contributed by atoms with Crippen LogP contribution in [0.2, 0.25) is 5.02 Å². The number of aryl methyl sites for hydroxylation is 1. The molecule has 1 saturated carbocycles. The van der Waals surface area contributed by atoms with Gasteiger partial charge in [0.2, 0.25) is 0 Å². The maximum atomic E-state index is 13.7. The van der Waals surface area contributed by atoms with Crippen LogP contribution in [-0.2, 0) is 4.79 Å². The van der Waals surface area contributed by atoms with Gasteiger partial charge in [-0.25, -0.2) is 4.98 Å². The molecular formula is C32H31Br2ClN4O4. The second kappa shape index (κ2) is 14.1. The lowest BCUT2D eigenvalue weighted by atomic mass is 9.88. The smallest absolute Gasteiger partial charge is 0.282 e. The van der Waals surface area contributed by atoms with Gasteiger partial charge in [-0.15, -0.1) is 0 Å². The predicted octanol–water partition coefficient (Wildman–Crippen LogP) is 8.23. The molecule has 0 aliphatic heterocycles. The van der Waals surface area contributed by atoms with Crippen molar-refractivity contribution in [2.45, 2.75) is 51.9 Å². The van der Waals surface area contributed by atoms with Gasteiger partial charge < -0.3 is 14.8 Å². The van der Waals surface area contributed by atoms with Crippen molar-refractivity contribution in [3.63, 3.8) is 0 Å². The number of hydrogen-bond acceptors (Lipinski definition) is 6. The molecule has 0 spiro atoms. The summed E-state index contributed by atoms with van der Waals surface area (Å²) in [5.74, 6) is 1.03. The molecule has 4 aromatic rings. The monoisotopic (exact) mass is 728 g/mol. The molecular weight excluding hydrogens is 700 g/mol. The van der Waals surface area contributed by atoms with E-state index in [4.69, 9.17) is 26.1 Å². The Kier molecular flexibility index (Phi) is 10.2. The van der Waals surface area contributed by atoms with Crippen molar-refractivity contribution in [1.29, 1.82) is 0 Å². The molecule has 1 fully saturated rings. The van der Waals surface area contributed by atoms with E-state index < -0.39 is 0 Å². The fourth-order valence-corrected chi connectivity index (χ4v) is 6.17. The first-order chi connectivity index (χ1) is 20.8. The van der Waals surface area contributed by atoms with Gasteiger partial charge in [-0.3, -0.25) is 9.59 Å². The van der Waals surface area contributed by atoms with Gasteiger partial charge in [0.1, 0.15) is 10.8 Å². The van der Waals surface area contributed by atoms with Crippen LogP contribution in [0, 0.1) is 6.92 Å². The van der Waals surface area contributed by atoms with Crippen LogP contribution in [0.25, 0.3) is 10.9 Å². The van der Waals surface area contributed by atoms with Crippen LogP contribution in [0.3, 0.4) is 0 Å². The normalized spacial score (nSPS) is 13.9. The highest BCUT2D eigenvalue weighted by Gasteiger charge is 2.23. The van der Waals surface area contributed by atoms with Crippen molar-refractivity contribution in [1.82, 2.24) is 9.66 Å². The lowest BCUT2D eigenvalue weighted by molar-refractivity contribution is -0.118. The first kappa shape index (κ1) is 31.2. The van der Waals surface area contributed by atoms with Crippen molar-refractivity contribution >= 4 is 72.2 Å². The number of amides is 1. The van der Waals surface area contributed by atoms with Gasteiger partial charge in [0, 0.05) is 26.1 Å². The summed E-state index contributed by atoms with van der Waals surface area (Å²) in [6.07, 6.45) is 6.83. The predicted molar refractivity (Wildman–Crippen MR) is 178 cm³/mol. The van der Waals surface area contributed by atoms with Gasteiger partial charge >= 0.3 is 0 Å². The van der Waals surface area contributed by atoms with Crippen molar-refractivity contribution in [3.8, 4) is 11.5 Å². The van der Waals surface area contributed by atoms with E-state index in [0.717, 1.165) is 35.7 Å². The van der Waals surface area contributed by atoms with E-state index in [1.54, 1.807) is 18.3 Å². The third-order valence-electron chi connectivity index (χ3n) is 7.34. The van der Waals surface area contributed by atoms with Gasteiger partial charge in [-0.05, 0) is 78.5 Å². The topological polar surface area (TPSA) is 94.8 Å². The third-order valence-corrected chi connectivity index (χ3v) is 9.27. The molecule has 0 radical (unpaired) electrons. The Morgan fingerprint density at radius 2 is 1.91 bits per heavy atom. The van der Waals surface area contributed by atoms with Gasteiger partial charge in [-0.1, -0.05) is 65.0 Å². The maximum Gasteiger partial charge on any atom is 0.282 e. The van der Waals surface area contributed by atoms with Crippen LogP contribution in [0.4, 0.5) is 5.69 Å². The van der Waals surface area contributed by atoms with Gasteiger partial charge in [0.25, 0.3) is 11.5 Å². The van der Waals surface area contributed by atoms with E-state index in [-0.39, 0.29) is 34.8 Å². The molecule has 0 bridgehead atoms. The Balaban J connectivity index is 1.48. The fourth-order valence-electron chi connectivity index (χ4n) is 5.16. The summed E-state index contributed by atoms with van der Waals surface area (Å²) in [6, 6.07) is 14.7. The number of rotatable bonds is 9. The van der Waals surface area contributed by atoms with Gasteiger partial charge in [0.05, 0.1) is 23.7 Å². The minimum absolute atomic E-state index is 0.138. The first-order valence-corrected chi connectivity index (χ1v) is 16.1. The number of halogens is 3. The first-order valence-electron chi connectivity index (χ1n) is 14.2. The number of aromatic nitrogens is 2. The molecule has 1 aliphatic carbocycles. The van der Waals surface area contributed by atoms with Crippen LogP contribution in [0.5, 0.6) is 11.5 Å². The SMILES string of the molecule is CCOc1cc(C=Nn2c(C3CCCCC3)nc3ccc(Br)cc3c2=O)c(Br)c(Cl)c1OCC(=O)Nc1ccccc1C. The zero-order chi connectivity index (χ0) is 30.5.